The average Bonchev–Trinajstić information content (AvgIpc) is 3.50. The first-order chi connectivity index (χ1) is 23.1. The molecule has 240 valence electrons. The number of methoxy groups -OCH3 is 1. The molecule has 4 aromatic rings. The van der Waals surface area contributed by atoms with E-state index >= 15 is 0 Å². The van der Waals surface area contributed by atoms with Crippen molar-refractivity contribution in [2.75, 3.05) is 26.9 Å². The number of hydrogen-bond donors (Lipinski definition) is 2. The predicted molar refractivity (Wildman–Crippen MR) is 182 cm³/mol. The van der Waals surface area contributed by atoms with Gasteiger partial charge in [-0.15, -0.1) is 0 Å². The summed E-state index contributed by atoms with van der Waals surface area (Å²) < 4.78 is 17.8. The van der Waals surface area contributed by atoms with Crippen molar-refractivity contribution >= 4 is 23.6 Å². The molecule has 2 atom stereocenters. The molecule has 0 radical (unpaired) electrons. The highest BCUT2D eigenvalue weighted by molar-refractivity contribution is 6.01. The highest BCUT2D eigenvalue weighted by Gasteiger charge is 2.53. The molecule has 0 aromatic heterocycles. The van der Waals surface area contributed by atoms with E-state index in [2.05, 4.69) is 15.3 Å². The summed E-state index contributed by atoms with van der Waals surface area (Å²) in [4.78, 5) is 22.5. The second-order valence-electron chi connectivity index (χ2n) is 10.9. The van der Waals surface area contributed by atoms with Gasteiger partial charge in [-0.1, -0.05) is 90.1 Å². The molecular formula is C37H37N5O5. The van der Waals surface area contributed by atoms with Gasteiger partial charge in [-0.05, 0) is 53.4 Å². The van der Waals surface area contributed by atoms with Crippen molar-refractivity contribution in [2.24, 2.45) is 10.1 Å². The quantitative estimate of drug-likeness (QED) is 0.0623. The molecule has 1 aliphatic rings. The van der Waals surface area contributed by atoms with Gasteiger partial charge in [0.05, 0.1) is 13.7 Å². The summed E-state index contributed by atoms with van der Waals surface area (Å²) in [7, 11) is 1.62. The number of carbonyl (C=O) groups excluding carboxylic acids is 1. The Morgan fingerprint density at radius 1 is 1.04 bits per heavy atom. The maximum absolute atomic E-state index is 14.5. The topological polar surface area (TPSA) is 138 Å². The maximum atomic E-state index is 14.5. The molecule has 0 spiro atoms. The van der Waals surface area contributed by atoms with Gasteiger partial charge >= 0.3 is 0 Å². The number of rotatable bonds is 15. The zero-order valence-electron chi connectivity index (χ0n) is 26.2. The molecule has 1 amide bonds. The van der Waals surface area contributed by atoms with E-state index in [-0.39, 0.29) is 24.8 Å². The second-order valence-corrected chi connectivity index (χ2v) is 10.9. The minimum atomic E-state index is -1.45. The molecule has 47 heavy (non-hydrogen) atoms. The SMILES string of the molecule is COc1ccccc1CCNC(=O)[C@]1(C/C=C/c2ccccc2)N=C(c2ccc(OCCCO)cc2)O[C@@H]1c1ccccc1N=[N+]=[N-]. The minimum absolute atomic E-state index is 0.0448. The van der Waals surface area contributed by atoms with E-state index < -0.39 is 11.6 Å². The van der Waals surface area contributed by atoms with E-state index in [1.807, 2.05) is 84.9 Å². The highest BCUT2D eigenvalue weighted by atomic mass is 16.5. The van der Waals surface area contributed by atoms with E-state index in [0.717, 1.165) is 16.9 Å². The third-order valence-corrected chi connectivity index (χ3v) is 7.81. The van der Waals surface area contributed by atoms with Crippen molar-refractivity contribution in [1.82, 2.24) is 5.32 Å². The number of aliphatic hydroxyl groups excluding tert-OH is 1. The Kier molecular flexibility index (Phi) is 11.3. The first-order valence-corrected chi connectivity index (χ1v) is 15.4. The number of nitrogens with zero attached hydrogens (tertiary/aromatic N) is 4. The number of aliphatic imine (C=N–C) groups is 1. The van der Waals surface area contributed by atoms with Crippen LogP contribution in [-0.2, 0) is 16.0 Å². The van der Waals surface area contributed by atoms with Crippen LogP contribution < -0.4 is 14.8 Å². The van der Waals surface area contributed by atoms with Crippen molar-refractivity contribution in [3.63, 3.8) is 0 Å². The van der Waals surface area contributed by atoms with Crippen LogP contribution in [0.2, 0.25) is 0 Å². The van der Waals surface area contributed by atoms with Gasteiger partial charge in [0.2, 0.25) is 5.90 Å². The van der Waals surface area contributed by atoms with Gasteiger partial charge in [-0.25, -0.2) is 4.99 Å². The van der Waals surface area contributed by atoms with Gasteiger partial charge in [0.15, 0.2) is 11.6 Å². The molecule has 0 fully saturated rings. The third-order valence-electron chi connectivity index (χ3n) is 7.81. The fraction of sp³-hybridized carbons (Fsp3) is 0.243. The zero-order valence-corrected chi connectivity index (χ0v) is 26.2. The van der Waals surface area contributed by atoms with E-state index in [1.165, 1.54) is 0 Å². The fourth-order valence-corrected chi connectivity index (χ4v) is 5.45. The lowest BCUT2D eigenvalue weighted by atomic mass is 9.83. The van der Waals surface area contributed by atoms with Crippen LogP contribution in [0.1, 0.15) is 41.2 Å². The Balaban J connectivity index is 1.54. The summed E-state index contributed by atoms with van der Waals surface area (Å²) in [5, 5.41) is 16.1. The monoisotopic (exact) mass is 631 g/mol. The molecule has 2 N–H and O–H groups in total. The number of nitrogens with one attached hydrogen (secondary N) is 1. The number of aliphatic hydroxyl groups is 1. The summed E-state index contributed by atoms with van der Waals surface area (Å²) in [6.07, 6.45) is 4.23. The predicted octanol–water partition coefficient (Wildman–Crippen LogP) is 7.12. The van der Waals surface area contributed by atoms with Crippen LogP contribution in [0.3, 0.4) is 0 Å². The number of hydrogen-bond acceptors (Lipinski definition) is 7. The second kappa shape index (κ2) is 16.1. The average molecular weight is 632 g/mol. The lowest BCUT2D eigenvalue weighted by Crippen LogP contribution is -2.48. The standard InChI is InChI=1S/C37H37N5O5/c1-45-33-17-8-5-14-28(33)22-24-39-36(44)37(23-9-13-27-11-3-2-4-12-27)34(31-15-6-7-16-32(31)41-42-38)47-35(40-37)29-18-20-30(21-19-29)46-26-10-25-43/h2-9,11-21,34,43H,10,22-26H2,1H3,(H,39,44)/b13-9+/t34-,37-/m1/s1. The molecule has 10 heteroatoms. The molecule has 10 nitrogen and oxygen atoms in total. The number of azide groups is 1. The van der Waals surface area contributed by atoms with Gasteiger partial charge < -0.3 is 24.6 Å². The van der Waals surface area contributed by atoms with Crippen LogP contribution in [0, 0.1) is 0 Å². The van der Waals surface area contributed by atoms with Crippen molar-refractivity contribution in [3.8, 4) is 11.5 Å². The molecule has 1 aliphatic heterocycles. The number of amides is 1. The van der Waals surface area contributed by atoms with Crippen LogP contribution in [0.4, 0.5) is 5.69 Å². The Morgan fingerprint density at radius 2 is 1.79 bits per heavy atom. The van der Waals surface area contributed by atoms with Crippen LogP contribution in [0.5, 0.6) is 11.5 Å². The molecule has 0 aliphatic carbocycles. The molecule has 4 aromatic carbocycles. The van der Waals surface area contributed by atoms with Crippen LogP contribution >= 0.6 is 0 Å². The Hall–Kier alpha value is -5.57. The third kappa shape index (κ3) is 7.99. The normalized spacial score (nSPS) is 17.0. The summed E-state index contributed by atoms with van der Waals surface area (Å²) in [5.41, 5.74) is 11.4. The van der Waals surface area contributed by atoms with Crippen LogP contribution in [0.25, 0.3) is 16.5 Å². The summed E-state index contributed by atoms with van der Waals surface area (Å²) in [5.74, 6) is 1.33. The molecule has 1 heterocycles. The first-order valence-electron chi connectivity index (χ1n) is 15.4. The Labute approximate surface area is 274 Å². The van der Waals surface area contributed by atoms with E-state index in [1.54, 1.807) is 37.4 Å². The Bertz CT molecular complexity index is 1750. The number of carbonyl (C=O) groups is 1. The van der Waals surface area contributed by atoms with Crippen LogP contribution in [-0.4, -0.2) is 49.3 Å². The van der Waals surface area contributed by atoms with Crippen molar-refractivity contribution in [2.45, 2.75) is 30.9 Å². The maximum Gasteiger partial charge on any atom is 0.252 e. The number of ether oxygens (including phenoxy) is 3. The smallest absolute Gasteiger partial charge is 0.252 e. The lowest BCUT2D eigenvalue weighted by Gasteiger charge is -2.30. The van der Waals surface area contributed by atoms with Crippen LogP contribution in [0.15, 0.2) is 119 Å². The minimum Gasteiger partial charge on any atom is -0.496 e. The number of para-hydroxylation sites is 1. The largest absolute Gasteiger partial charge is 0.496 e. The van der Waals surface area contributed by atoms with E-state index in [4.69, 9.17) is 24.3 Å². The van der Waals surface area contributed by atoms with Crippen molar-refractivity contribution in [1.29, 1.82) is 0 Å². The van der Waals surface area contributed by atoms with E-state index in [0.29, 0.717) is 48.6 Å². The zero-order chi connectivity index (χ0) is 32.9. The van der Waals surface area contributed by atoms with Gasteiger partial charge in [-0.2, -0.15) is 0 Å². The molecule has 0 saturated carbocycles. The molecule has 0 bridgehead atoms. The molecule has 5 rings (SSSR count). The Morgan fingerprint density at radius 3 is 2.55 bits per heavy atom. The van der Waals surface area contributed by atoms with Gasteiger partial charge in [0.1, 0.15) is 11.5 Å². The van der Waals surface area contributed by atoms with E-state index in [9.17, 15) is 10.3 Å². The van der Waals surface area contributed by atoms with Gasteiger partial charge in [0, 0.05) is 47.7 Å². The van der Waals surface area contributed by atoms with Crippen molar-refractivity contribution < 1.29 is 24.1 Å². The fourth-order valence-electron chi connectivity index (χ4n) is 5.45. The first kappa shape index (κ1) is 32.8. The molecule has 0 unspecified atom stereocenters. The summed E-state index contributed by atoms with van der Waals surface area (Å²) in [6.45, 7) is 0.763. The highest BCUT2D eigenvalue weighted by Crippen LogP contribution is 2.45. The molecular weight excluding hydrogens is 594 g/mol. The lowest BCUT2D eigenvalue weighted by molar-refractivity contribution is -0.128. The summed E-state index contributed by atoms with van der Waals surface area (Å²) in [6, 6.07) is 31.8. The van der Waals surface area contributed by atoms with Gasteiger partial charge in [-0.3, -0.25) is 4.79 Å². The number of benzene rings is 4. The van der Waals surface area contributed by atoms with Gasteiger partial charge in [0.25, 0.3) is 5.91 Å². The molecule has 0 saturated heterocycles. The summed E-state index contributed by atoms with van der Waals surface area (Å²) >= 11 is 0. The van der Waals surface area contributed by atoms with Crippen molar-refractivity contribution in [3.05, 3.63) is 142 Å².